The van der Waals surface area contributed by atoms with Crippen molar-refractivity contribution in [3.8, 4) is 0 Å². The van der Waals surface area contributed by atoms with Gasteiger partial charge in [-0.05, 0) is 31.7 Å². The van der Waals surface area contributed by atoms with Crippen molar-refractivity contribution in [3.63, 3.8) is 0 Å². The third-order valence-electron chi connectivity index (χ3n) is 2.24. The predicted octanol–water partition coefficient (Wildman–Crippen LogP) is 4.23. The highest BCUT2D eigenvalue weighted by molar-refractivity contribution is 9.10. The summed E-state index contributed by atoms with van der Waals surface area (Å²) in [5.74, 6) is 0. The van der Waals surface area contributed by atoms with Crippen LogP contribution in [0.25, 0.3) is 0 Å². The van der Waals surface area contributed by atoms with Gasteiger partial charge in [0.15, 0.2) is 0 Å². The molecule has 1 rings (SSSR count). The van der Waals surface area contributed by atoms with E-state index in [1.165, 1.54) is 10.5 Å². The molecular weight excluding hydrogens is 270 g/mol. The maximum atomic E-state index is 3.52. The molecule has 3 heteroatoms. The van der Waals surface area contributed by atoms with Crippen LogP contribution in [0.4, 0.5) is 0 Å². The van der Waals surface area contributed by atoms with Gasteiger partial charge >= 0.3 is 0 Å². The van der Waals surface area contributed by atoms with Crippen molar-refractivity contribution in [1.82, 2.24) is 5.32 Å². The van der Waals surface area contributed by atoms with Gasteiger partial charge < -0.3 is 5.32 Å². The zero-order valence-corrected chi connectivity index (χ0v) is 12.1. The van der Waals surface area contributed by atoms with E-state index in [9.17, 15) is 0 Å². The van der Waals surface area contributed by atoms with E-state index >= 15 is 0 Å². The number of halogens is 1. The van der Waals surface area contributed by atoms with Gasteiger partial charge in [0.05, 0.1) is 0 Å². The van der Waals surface area contributed by atoms with Crippen LogP contribution in [0.2, 0.25) is 0 Å². The molecule has 1 unspecified atom stereocenters. The molecule has 0 fully saturated rings. The van der Waals surface area contributed by atoms with Crippen molar-refractivity contribution < 1.29 is 0 Å². The zero-order chi connectivity index (χ0) is 11.4. The highest BCUT2D eigenvalue weighted by Crippen LogP contribution is 2.32. The fourth-order valence-electron chi connectivity index (χ4n) is 1.38. The zero-order valence-electron chi connectivity index (χ0n) is 9.67. The standard InChI is InChI=1S/C12H18BrNS/c1-8(2)15-12-7-10(13)5-6-11(12)9(3)14-4/h5-9,14H,1-4H3. The molecule has 15 heavy (non-hydrogen) atoms. The second kappa shape index (κ2) is 5.92. The lowest BCUT2D eigenvalue weighted by Gasteiger charge is -2.17. The fourth-order valence-corrected chi connectivity index (χ4v) is 2.97. The minimum absolute atomic E-state index is 0.402. The number of thioether (sulfide) groups is 1. The summed E-state index contributed by atoms with van der Waals surface area (Å²) in [6, 6.07) is 6.90. The lowest BCUT2D eigenvalue weighted by Crippen LogP contribution is -2.13. The summed E-state index contributed by atoms with van der Waals surface area (Å²) < 4.78 is 1.15. The van der Waals surface area contributed by atoms with Crippen molar-refractivity contribution >= 4 is 27.7 Å². The molecule has 0 aromatic heterocycles. The molecule has 0 heterocycles. The van der Waals surface area contributed by atoms with E-state index in [0.29, 0.717) is 11.3 Å². The Morgan fingerprint density at radius 3 is 2.47 bits per heavy atom. The largest absolute Gasteiger partial charge is 0.313 e. The van der Waals surface area contributed by atoms with Crippen molar-refractivity contribution in [1.29, 1.82) is 0 Å². The van der Waals surface area contributed by atoms with Crippen LogP contribution in [-0.4, -0.2) is 12.3 Å². The maximum absolute atomic E-state index is 3.52. The summed E-state index contributed by atoms with van der Waals surface area (Å²) in [5, 5.41) is 3.90. The average molecular weight is 288 g/mol. The first-order valence-electron chi connectivity index (χ1n) is 5.18. The van der Waals surface area contributed by atoms with E-state index in [4.69, 9.17) is 0 Å². The van der Waals surface area contributed by atoms with Crippen LogP contribution in [0.3, 0.4) is 0 Å². The van der Waals surface area contributed by atoms with Crippen molar-refractivity contribution in [3.05, 3.63) is 28.2 Å². The Labute approximate surface area is 105 Å². The Morgan fingerprint density at radius 2 is 1.93 bits per heavy atom. The fraction of sp³-hybridized carbons (Fsp3) is 0.500. The van der Waals surface area contributed by atoms with Gasteiger partial charge in [0, 0.05) is 20.7 Å². The topological polar surface area (TPSA) is 12.0 Å². The molecule has 0 radical (unpaired) electrons. The van der Waals surface area contributed by atoms with E-state index in [0.717, 1.165) is 4.47 Å². The molecule has 0 spiro atoms. The lowest BCUT2D eigenvalue weighted by molar-refractivity contribution is 0.641. The highest BCUT2D eigenvalue weighted by atomic mass is 79.9. The third-order valence-corrected chi connectivity index (χ3v) is 3.81. The van der Waals surface area contributed by atoms with Gasteiger partial charge in [0.25, 0.3) is 0 Å². The minimum atomic E-state index is 0.402. The van der Waals surface area contributed by atoms with Crippen molar-refractivity contribution in [2.24, 2.45) is 0 Å². The molecule has 1 N–H and O–H groups in total. The summed E-state index contributed by atoms with van der Waals surface area (Å²) in [5.41, 5.74) is 1.37. The van der Waals surface area contributed by atoms with Crippen LogP contribution in [0, 0.1) is 0 Å². The summed E-state index contributed by atoms with van der Waals surface area (Å²) in [4.78, 5) is 1.36. The quantitative estimate of drug-likeness (QED) is 0.832. The Kier molecular flexibility index (Phi) is 5.16. The number of nitrogens with one attached hydrogen (secondary N) is 1. The third kappa shape index (κ3) is 3.82. The van der Waals surface area contributed by atoms with Crippen molar-refractivity contribution in [2.75, 3.05) is 7.05 Å². The smallest absolute Gasteiger partial charge is 0.0300 e. The summed E-state index contributed by atoms with van der Waals surface area (Å²) in [6.45, 7) is 6.63. The van der Waals surface area contributed by atoms with Crippen LogP contribution < -0.4 is 5.32 Å². The summed E-state index contributed by atoms with van der Waals surface area (Å²) in [7, 11) is 2.00. The Balaban J connectivity index is 3.02. The summed E-state index contributed by atoms with van der Waals surface area (Å²) in [6.07, 6.45) is 0. The van der Waals surface area contributed by atoms with Crippen LogP contribution in [0.15, 0.2) is 27.6 Å². The van der Waals surface area contributed by atoms with Crippen LogP contribution >= 0.6 is 27.7 Å². The number of rotatable bonds is 4. The first kappa shape index (κ1) is 13.1. The van der Waals surface area contributed by atoms with Gasteiger partial charge in [0.1, 0.15) is 0 Å². The minimum Gasteiger partial charge on any atom is -0.313 e. The van der Waals surface area contributed by atoms with E-state index < -0.39 is 0 Å². The van der Waals surface area contributed by atoms with Gasteiger partial charge in [0.2, 0.25) is 0 Å². The van der Waals surface area contributed by atoms with E-state index in [1.807, 2.05) is 18.8 Å². The van der Waals surface area contributed by atoms with Gasteiger partial charge in [-0.3, -0.25) is 0 Å². The maximum Gasteiger partial charge on any atom is 0.0300 e. The Bertz CT molecular complexity index is 325. The first-order valence-corrected chi connectivity index (χ1v) is 6.85. The van der Waals surface area contributed by atoms with Crippen LogP contribution in [0.1, 0.15) is 32.4 Å². The average Bonchev–Trinajstić information content (AvgIpc) is 2.16. The lowest BCUT2D eigenvalue weighted by atomic mass is 10.1. The normalized spacial score (nSPS) is 13.2. The van der Waals surface area contributed by atoms with Crippen molar-refractivity contribution in [2.45, 2.75) is 37.0 Å². The molecule has 1 atom stereocenters. The number of hydrogen-bond donors (Lipinski definition) is 1. The van der Waals surface area contributed by atoms with Gasteiger partial charge in [-0.2, -0.15) is 0 Å². The second-order valence-electron chi connectivity index (χ2n) is 3.86. The molecule has 84 valence electrons. The highest BCUT2D eigenvalue weighted by Gasteiger charge is 2.10. The van der Waals surface area contributed by atoms with Gasteiger partial charge in [-0.1, -0.05) is 35.8 Å². The molecule has 0 bridgehead atoms. The molecule has 0 aliphatic rings. The first-order chi connectivity index (χ1) is 7.04. The molecule has 1 aromatic carbocycles. The monoisotopic (exact) mass is 287 g/mol. The van der Waals surface area contributed by atoms with Crippen LogP contribution in [-0.2, 0) is 0 Å². The van der Waals surface area contributed by atoms with Gasteiger partial charge in [-0.15, -0.1) is 11.8 Å². The number of benzene rings is 1. The van der Waals surface area contributed by atoms with E-state index in [1.54, 1.807) is 0 Å². The van der Waals surface area contributed by atoms with Gasteiger partial charge in [-0.25, -0.2) is 0 Å². The predicted molar refractivity (Wildman–Crippen MR) is 72.6 cm³/mol. The molecule has 0 aliphatic carbocycles. The molecule has 0 amide bonds. The second-order valence-corrected chi connectivity index (χ2v) is 6.39. The van der Waals surface area contributed by atoms with Crippen LogP contribution in [0.5, 0.6) is 0 Å². The molecule has 0 saturated heterocycles. The Hall–Kier alpha value is 0.01000. The van der Waals surface area contributed by atoms with E-state index in [2.05, 4.69) is 60.2 Å². The molecular formula is C12H18BrNS. The molecule has 0 saturated carbocycles. The molecule has 1 aromatic rings. The number of hydrogen-bond acceptors (Lipinski definition) is 2. The Morgan fingerprint density at radius 1 is 1.27 bits per heavy atom. The molecule has 1 nitrogen and oxygen atoms in total. The summed E-state index contributed by atoms with van der Waals surface area (Å²) >= 11 is 5.44. The SMILES string of the molecule is CNC(C)c1ccc(Br)cc1SC(C)C. The van der Waals surface area contributed by atoms with E-state index in [-0.39, 0.29) is 0 Å². The molecule has 0 aliphatic heterocycles.